The highest BCUT2D eigenvalue weighted by atomic mass is 79.9. The molecule has 1 N–H and O–H groups in total. The Labute approximate surface area is 150 Å². The Morgan fingerprint density at radius 2 is 1.92 bits per heavy atom. The number of rotatable bonds is 4. The van der Waals surface area contributed by atoms with Crippen LogP contribution in [0.3, 0.4) is 0 Å². The van der Waals surface area contributed by atoms with E-state index in [0.717, 1.165) is 62.3 Å². The van der Waals surface area contributed by atoms with E-state index in [1.165, 1.54) is 13.2 Å². The van der Waals surface area contributed by atoms with Crippen LogP contribution in [0, 0.1) is 10.1 Å². The van der Waals surface area contributed by atoms with Gasteiger partial charge < -0.3 is 15.0 Å². The van der Waals surface area contributed by atoms with Gasteiger partial charge in [0.15, 0.2) is 5.75 Å². The number of nitrogens with one attached hydrogen (secondary N) is 1. The van der Waals surface area contributed by atoms with Crippen molar-refractivity contribution in [3.63, 3.8) is 0 Å². The highest BCUT2D eigenvalue weighted by Crippen LogP contribution is 2.39. The van der Waals surface area contributed by atoms with Gasteiger partial charge in [-0.15, -0.1) is 0 Å². The number of ether oxygens (including phenoxy) is 1. The van der Waals surface area contributed by atoms with Crippen molar-refractivity contribution in [2.45, 2.75) is 18.9 Å². The summed E-state index contributed by atoms with van der Waals surface area (Å²) < 4.78 is 5.95. The monoisotopic (exact) mass is 398 g/mol. The molecule has 0 spiro atoms. The first kappa shape index (κ1) is 17.4. The van der Waals surface area contributed by atoms with Crippen molar-refractivity contribution in [3.05, 3.63) is 26.7 Å². The third kappa shape index (κ3) is 3.65. The van der Waals surface area contributed by atoms with Crippen LogP contribution in [0.5, 0.6) is 5.75 Å². The van der Waals surface area contributed by atoms with Gasteiger partial charge in [-0.3, -0.25) is 15.0 Å². The van der Waals surface area contributed by atoms with E-state index in [4.69, 9.17) is 4.74 Å². The van der Waals surface area contributed by atoms with E-state index in [1.807, 2.05) is 0 Å². The number of methoxy groups -OCH3 is 1. The van der Waals surface area contributed by atoms with Crippen LogP contribution in [0.15, 0.2) is 16.6 Å². The lowest BCUT2D eigenvalue weighted by atomic mass is 10.0. The smallest absolute Gasteiger partial charge is 0.312 e. The van der Waals surface area contributed by atoms with Crippen molar-refractivity contribution >= 4 is 27.3 Å². The largest absolute Gasteiger partial charge is 0.490 e. The van der Waals surface area contributed by atoms with Gasteiger partial charge in [-0.2, -0.15) is 0 Å². The summed E-state index contributed by atoms with van der Waals surface area (Å²) in [4.78, 5) is 15.6. The molecule has 3 rings (SSSR count). The van der Waals surface area contributed by atoms with Crippen LogP contribution in [0.1, 0.15) is 12.8 Å². The molecule has 0 saturated carbocycles. The summed E-state index contributed by atoms with van der Waals surface area (Å²) in [5.41, 5.74) is 0.958. The minimum absolute atomic E-state index is 0.0103. The molecule has 2 heterocycles. The highest BCUT2D eigenvalue weighted by molar-refractivity contribution is 9.10. The van der Waals surface area contributed by atoms with Crippen LogP contribution in [0.4, 0.5) is 11.4 Å². The maximum atomic E-state index is 11.1. The average molecular weight is 399 g/mol. The molecule has 132 valence electrons. The van der Waals surface area contributed by atoms with Gasteiger partial charge in [0.1, 0.15) is 0 Å². The van der Waals surface area contributed by atoms with Crippen molar-refractivity contribution in [2.75, 3.05) is 51.3 Å². The van der Waals surface area contributed by atoms with Gasteiger partial charge in [-0.05, 0) is 28.8 Å². The molecule has 1 aromatic carbocycles. The average Bonchev–Trinajstić information content (AvgIpc) is 2.62. The molecular formula is C16H23BrN4O3. The van der Waals surface area contributed by atoms with Gasteiger partial charge in [-0.1, -0.05) is 0 Å². The Morgan fingerprint density at radius 1 is 1.25 bits per heavy atom. The zero-order chi connectivity index (χ0) is 17.1. The second-order valence-electron chi connectivity index (χ2n) is 6.24. The number of nitrogens with zero attached hydrogens (tertiary/aromatic N) is 3. The molecular weight excluding hydrogens is 376 g/mol. The maximum Gasteiger partial charge on any atom is 0.312 e. The summed E-state index contributed by atoms with van der Waals surface area (Å²) in [6.45, 7) is 6.30. The predicted molar refractivity (Wildman–Crippen MR) is 97.0 cm³/mol. The van der Waals surface area contributed by atoms with Crippen molar-refractivity contribution < 1.29 is 9.66 Å². The fourth-order valence-electron chi connectivity index (χ4n) is 3.60. The molecule has 0 amide bonds. The number of benzene rings is 1. The molecule has 0 aromatic heterocycles. The van der Waals surface area contributed by atoms with Crippen molar-refractivity contribution in [3.8, 4) is 5.75 Å². The Bertz CT molecular complexity index is 599. The van der Waals surface area contributed by atoms with Gasteiger partial charge in [0, 0.05) is 61.9 Å². The van der Waals surface area contributed by atoms with Crippen LogP contribution in [0.2, 0.25) is 0 Å². The number of hydrogen-bond donors (Lipinski definition) is 1. The topological polar surface area (TPSA) is 70.9 Å². The predicted octanol–water partition coefficient (Wildman–Crippen LogP) is 2.24. The van der Waals surface area contributed by atoms with Crippen LogP contribution in [-0.2, 0) is 0 Å². The Kier molecular flexibility index (Phi) is 5.57. The minimum atomic E-state index is -0.413. The molecule has 7 nitrogen and oxygen atoms in total. The number of nitro benzene ring substituents is 1. The Balaban J connectivity index is 1.70. The lowest BCUT2D eigenvalue weighted by Crippen LogP contribution is -2.52. The van der Waals surface area contributed by atoms with E-state index < -0.39 is 4.92 Å². The van der Waals surface area contributed by atoms with E-state index in [9.17, 15) is 10.1 Å². The zero-order valence-corrected chi connectivity index (χ0v) is 15.4. The second kappa shape index (κ2) is 7.67. The molecule has 0 bridgehead atoms. The van der Waals surface area contributed by atoms with Crippen molar-refractivity contribution in [1.29, 1.82) is 0 Å². The molecule has 0 radical (unpaired) electrons. The number of hydrogen-bond acceptors (Lipinski definition) is 6. The first-order chi connectivity index (χ1) is 11.6. The first-order valence-electron chi connectivity index (χ1n) is 8.32. The van der Waals surface area contributed by atoms with Gasteiger partial charge in [0.25, 0.3) is 0 Å². The van der Waals surface area contributed by atoms with Crippen LogP contribution in [0.25, 0.3) is 0 Å². The van der Waals surface area contributed by atoms with E-state index in [2.05, 4.69) is 31.0 Å². The normalized spacial score (nSPS) is 20.2. The summed E-state index contributed by atoms with van der Waals surface area (Å²) >= 11 is 3.49. The fourth-order valence-corrected chi connectivity index (χ4v) is 4.18. The number of anilines is 1. The van der Waals surface area contributed by atoms with Gasteiger partial charge in [-0.25, -0.2) is 0 Å². The molecule has 2 saturated heterocycles. The fraction of sp³-hybridized carbons (Fsp3) is 0.625. The standard InChI is InChI=1S/C16H23BrN4O3/c1-24-16-11-14(13(17)10-15(16)21(22)23)20-6-2-12(3-7-20)19-8-4-18-5-9-19/h10-12,18H,2-9H2,1H3. The van der Waals surface area contributed by atoms with Crippen molar-refractivity contribution in [2.24, 2.45) is 0 Å². The van der Waals surface area contributed by atoms with E-state index in [1.54, 1.807) is 6.07 Å². The van der Waals surface area contributed by atoms with E-state index in [0.29, 0.717) is 11.8 Å². The van der Waals surface area contributed by atoms with Crippen LogP contribution >= 0.6 is 15.9 Å². The molecule has 1 aromatic rings. The molecule has 24 heavy (non-hydrogen) atoms. The third-order valence-corrected chi connectivity index (χ3v) is 5.55. The quantitative estimate of drug-likeness (QED) is 0.619. The molecule has 0 unspecified atom stereocenters. The van der Waals surface area contributed by atoms with Crippen LogP contribution in [-0.4, -0.2) is 62.2 Å². The summed E-state index contributed by atoms with van der Waals surface area (Å²) in [5.74, 6) is 0.308. The zero-order valence-electron chi connectivity index (χ0n) is 13.8. The Hall–Kier alpha value is -1.38. The van der Waals surface area contributed by atoms with Gasteiger partial charge in [0.2, 0.25) is 0 Å². The number of piperidine rings is 1. The molecule has 0 atom stereocenters. The van der Waals surface area contributed by atoms with E-state index >= 15 is 0 Å². The van der Waals surface area contributed by atoms with Crippen molar-refractivity contribution in [1.82, 2.24) is 10.2 Å². The summed E-state index contributed by atoms with van der Waals surface area (Å²) in [6.07, 6.45) is 2.23. The SMILES string of the molecule is COc1cc(N2CCC(N3CCNCC3)CC2)c(Br)cc1[N+](=O)[O-]. The molecule has 2 aliphatic rings. The first-order valence-corrected chi connectivity index (χ1v) is 9.11. The van der Waals surface area contributed by atoms with Gasteiger partial charge in [0.05, 0.1) is 17.7 Å². The summed E-state index contributed by atoms with van der Waals surface area (Å²) in [7, 11) is 1.47. The minimum Gasteiger partial charge on any atom is -0.490 e. The number of nitro groups is 1. The maximum absolute atomic E-state index is 11.1. The summed E-state index contributed by atoms with van der Waals surface area (Å²) in [5, 5.41) is 14.5. The van der Waals surface area contributed by atoms with E-state index in [-0.39, 0.29) is 5.69 Å². The summed E-state index contributed by atoms with van der Waals surface area (Å²) in [6, 6.07) is 3.95. The lowest BCUT2D eigenvalue weighted by Gasteiger charge is -2.41. The number of halogens is 1. The molecule has 0 aliphatic carbocycles. The van der Waals surface area contributed by atoms with Crippen LogP contribution < -0.4 is 15.0 Å². The highest BCUT2D eigenvalue weighted by Gasteiger charge is 2.28. The molecule has 8 heteroatoms. The second-order valence-corrected chi connectivity index (χ2v) is 7.09. The lowest BCUT2D eigenvalue weighted by molar-refractivity contribution is -0.385. The molecule has 2 fully saturated rings. The Morgan fingerprint density at radius 3 is 2.50 bits per heavy atom. The third-order valence-electron chi connectivity index (χ3n) is 4.92. The van der Waals surface area contributed by atoms with Gasteiger partial charge >= 0.3 is 5.69 Å². The number of piperazine rings is 1. The molecule has 2 aliphatic heterocycles.